The molecule has 23 heteroatoms. The summed E-state index contributed by atoms with van der Waals surface area (Å²) in [5.41, 5.74) is -0.464. The summed E-state index contributed by atoms with van der Waals surface area (Å²) in [6.07, 6.45) is 21.4. The van der Waals surface area contributed by atoms with E-state index < -0.39 is 108 Å². The number of carboxylic acids is 4. The van der Waals surface area contributed by atoms with E-state index in [2.05, 4.69) is 21.3 Å². The van der Waals surface area contributed by atoms with Crippen molar-refractivity contribution in [2.75, 3.05) is 13.1 Å². The number of aromatic hydroxyl groups is 1. The van der Waals surface area contributed by atoms with E-state index in [1.807, 2.05) is 6.92 Å². The van der Waals surface area contributed by atoms with Gasteiger partial charge in [-0.1, -0.05) is 142 Å². The summed E-state index contributed by atoms with van der Waals surface area (Å²) in [6, 6.07) is 3.78. The van der Waals surface area contributed by atoms with Crippen molar-refractivity contribution in [1.29, 1.82) is 0 Å². The molecule has 0 saturated heterocycles. The largest absolute Gasteiger partial charge is 0.508 e. The number of phenols is 1. The van der Waals surface area contributed by atoms with Crippen LogP contribution >= 0.6 is 0 Å². The zero-order valence-electron chi connectivity index (χ0n) is 60.1. The first-order valence-corrected chi connectivity index (χ1v) is 36.9. The van der Waals surface area contributed by atoms with Crippen LogP contribution in [0.5, 0.6) is 5.75 Å². The number of Topliss-reactive ketones (excluding diaryl/α,β-unsaturated/α-hetero) is 6. The molecule has 1 aromatic rings. The number of benzene rings is 1. The molecular weight excluding hydrogens is 1270 g/mol. The number of rotatable bonds is 60. The minimum Gasteiger partial charge on any atom is -0.508 e. The molecule has 9 N–H and O–H groups in total. The summed E-state index contributed by atoms with van der Waals surface area (Å²) in [5, 5.41) is 58.8. The molecule has 1 saturated carbocycles. The van der Waals surface area contributed by atoms with Crippen LogP contribution in [0, 0.1) is 40.9 Å². The van der Waals surface area contributed by atoms with Crippen LogP contribution in [0.4, 0.5) is 0 Å². The van der Waals surface area contributed by atoms with Gasteiger partial charge in [-0.2, -0.15) is 0 Å². The average molecular weight is 1400 g/mol. The summed E-state index contributed by atoms with van der Waals surface area (Å²) < 4.78 is 0. The second-order valence-corrected chi connectivity index (χ2v) is 28.6. The van der Waals surface area contributed by atoms with Crippen LogP contribution in [0.2, 0.25) is 0 Å². The van der Waals surface area contributed by atoms with Crippen molar-refractivity contribution in [1.82, 2.24) is 21.3 Å². The molecule has 1 aromatic carbocycles. The number of phenolic OH excluding ortho intramolecular Hbond substituents is 1. The molecule has 0 unspecified atom stereocenters. The first kappa shape index (κ1) is 87.9. The van der Waals surface area contributed by atoms with Crippen molar-refractivity contribution in [3.63, 3.8) is 0 Å². The van der Waals surface area contributed by atoms with Crippen LogP contribution in [0.15, 0.2) is 24.3 Å². The van der Waals surface area contributed by atoms with Gasteiger partial charge in [0.1, 0.15) is 40.7 Å². The van der Waals surface area contributed by atoms with Gasteiger partial charge in [0, 0.05) is 112 Å². The van der Waals surface area contributed by atoms with Crippen molar-refractivity contribution < 1.29 is 96.9 Å². The highest BCUT2D eigenvalue weighted by atomic mass is 16.4. The molecule has 1 fully saturated rings. The summed E-state index contributed by atoms with van der Waals surface area (Å²) in [6.45, 7) is 8.59. The number of unbranched alkanes of at least 4 members (excludes halogenated alkanes) is 17. The number of carbonyl (C=O) groups excluding carboxylic acids is 10. The Morgan fingerprint density at radius 2 is 1.00 bits per heavy atom. The minimum atomic E-state index is -1.56. The lowest BCUT2D eigenvalue weighted by atomic mass is 9.75. The van der Waals surface area contributed by atoms with Crippen molar-refractivity contribution in [2.45, 2.75) is 304 Å². The molecular formula is C76H126N4O19. The first-order chi connectivity index (χ1) is 47.0. The maximum absolute atomic E-state index is 13.9. The lowest BCUT2D eigenvalue weighted by Gasteiger charge is -2.28. The van der Waals surface area contributed by atoms with Crippen molar-refractivity contribution >= 4 is 82.2 Å². The van der Waals surface area contributed by atoms with Gasteiger partial charge in [0.15, 0.2) is 5.78 Å². The summed E-state index contributed by atoms with van der Waals surface area (Å²) in [5.74, 6) is -12.4. The van der Waals surface area contributed by atoms with E-state index in [1.165, 1.54) is 90.2 Å². The average Bonchev–Trinajstić information content (AvgIpc) is 0.846. The van der Waals surface area contributed by atoms with E-state index in [1.54, 1.807) is 26.0 Å². The van der Waals surface area contributed by atoms with E-state index in [4.69, 9.17) is 5.11 Å². The maximum Gasteiger partial charge on any atom is 0.326 e. The van der Waals surface area contributed by atoms with Gasteiger partial charge in [-0.15, -0.1) is 0 Å². The molecule has 0 radical (unpaired) electrons. The molecule has 564 valence electrons. The molecule has 1 aliphatic rings. The lowest BCUT2D eigenvalue weighted by molar-refractivity contribution is -0.145. The molecule has 1 aliphatic carbocycles. The van der Waals surface area contributed by atoms with Crippen LogP contribution in [0.25, 0.3) is 0 Å². The van der Waals surface area contributed by atoms with E-state index in [9.17, 15) is 87.5 Å². The highest BCUT2D eigenvalue weighted by Crippen LogP contribution is 2.33. The third-order valence-electron chi connectivity index (χ3n) is 19.5. The Morgan fingerprint density at radius 3 is 1.52 bits per heavy atom. The Bertz CT molecular complexity index is 2740. The number of ketones is 6. The standard InChI is InChI=1S/C76H120N4O19.3H2/c1-6-7-26-58(47-66(86)64(79-53(3)82)45-54-32-38-61(83)39-33-54)67(87)50-76(4,5)68(88)49-57(52(2)81)27-24-25-44-77-70(90)42-36-59(73(94)95)46-62(84)40-41-63(75(98)99)80-71(91)43-37-60(74(96)97)48-65(85)56-34-30-55(31-35-56)51-78-69(89)28-22-20-18-16-14-12-10-8-9-11-13-15-17-19-21-23-29-72(92)93;;;/h32-33,38-39,55-60,63-64,83H,6-31,34-37,40-51H2,1-5H3,(H,77,90)(H,78,89)(H,79,82)(H,80,91)(H,92,93)(H,94,95)(H,96,97)(H,98,99);3*1H/t55?,56?,57-,58-,59-,60-,63+,64-;;;/m1.../s1. The molecule has 99 heavy (non-hydrogen) atoms. The topological polar surface area (TPSA) is 388 Å². The van der Waals surface area contributed by atoms with E-state index in [0.717, 1.165) is 44.9 Å². The monoisotopic (exact) mass is 1400 g/mol. The number of amides is 4. The van der Waals surface area contributed by atoms with Gasteiger partial charge < -0.3 is 46.8 Å². The van der Waals surface area contributed by atoms with Gasteiger partial charge in [-0.3, -0.25) is 62.3 Å². The Hall–Kier alpha value is -7.20. The fourth-order valence-corrected chi connectivity index (χ4v) is 13.0. The highest BCUT2D eigenvalue weighted by molar-refractivity contribution is 5.97. The Kier molecular flexibility index (Phi) is 44.5. The van der Waals surface area contributed by atoms with Gasteiger partial charge in [0.25, 0.3) is 0 Å². The maximum atomic E-state index is 13.9. The van der Waals surface area contributed by atoms with Gasteiger partial charge in [-0.05, 0) is 114 Å². The van der Waals surface area contributed by atoms with Crippen LogP contribution in [-0.2, 0) is 73.5 Å². The third-order valence-corrected chi connectivity index (χ3v) is 19.5. The molecule has 2 rings (SSSR count). The highest BCUT2D eigenvalue weighted by Gasteiger charge is 2.37. The molecule has 0 aromatic heterocycles. The van der Waals surface area contributed by atoms with Crippen LogP contribution in [-0.4, -0.2) is 133 Å². The lowest BCUT2D eigenvalue weighted by Crippen LogP contribution is -2.42. The summed E-state index contributed by atoms with van der Waals surface area (Å²) in [4.78, 5) is 178. The molecule has 4 amide bonds. The zero-order chi connectivity index (χ0) is 73.7. The Labute approximate surface area is 591 Å². The SMILES string of the molecule is CCCC[C@H](CC(=O)[C@@H](Cc1ccc(O)cc1)NC(C)=O)C(=O)CC(C)(C)C(=O)C[C@@H](CCCCNC(=O)CC[C@H](CC(=O)CC[C@H](NC(=O)CC[C@H](CC(=O)C1CCC(CNC(=O)CCCCCCCCCCCCCCCCCCC(=O)O)CC1)C(=O)O)C(=O)O)C(=O)O)C(C)=O.[HH].[HH].[HH]. The van der Waals surface area contributed by atoms with E-state index in [-0.39, 0.29) is 127 Å². The Morgan fingerprint density at radius 1 is 0.485 bits per heavy atom. The number of carboxylic acid groups (broad SMARTS) is 4. The van der Waals surface area contributed by atoms with Gasteiger partial charge >= 0.3 is 23.9 Å². The molecule has 0 spiro atoms. The molecule has 0 aliphatic heterocycles. The van der Waals surface area contributed by atoms with Gasteiger partial charge in [-0.25, -0.2) is 4.79 Å². The van der Waals surface area contributed by atoms with Crippen LogP contribution < -0.4 is 21.3 Å². The number of carbonyl (C=O) groups is 14. The molecule has 23 nitrogen and oxygen atoms in total. The number of hydrogen-bond acceptors (Lipinski definition) is 15. The Balaban J connectivity index is 0. The van der Waals surface area contributed by atoms with E-state index in [0.29, 0.717) is 76.3 Å². The van der Waals surface area contributed by atoms with Gasteiger partial charge in [0.05, 0.1) is 17.9 Å². The predicted octanol–water partition coefficient (Wildman–Crippen LogP) is 12.6. The fraction of sp³-hybridized carbons (Fsp3) is 0.737. The van der Waals surface area contributed by atoms with Crippen molar-refractivity contribution in [3.8, 4) is 5.75 Å². The number of nitrogens with one attached hydrogen (secondary N) is 4. The quantitative estimate of drug-likeness (QED) is 0.0274. The van der Waals surface area contributed by atoms with Crippen molar-refractivity contribution in [2.24, 2.45) is 40.9 Å². The minimum absolute atomic E-state index is 0. The predicted molar refractivity (Wildman–Crippen MR) is 380 cm³/mol. The van der Waals surface area contributed by atoms with Gasteiger partial charge in [0.2, 0.25) is 23.6 Å². The summed E-state index contributed by atoms with van der Waals surface area (Å²) >= 11 is 0. The van der Waals surface area contributed by atoms with Crippen LogP contribution in [0.3, 0.4) is 0 Å². The fourth-order valence-electron chi connectivity index (χ4n) is 13.0. The van der Waals surface area contributed by atoms with Crippen molar-refractivity contribution in [3.05, 3.63) is 29.8 Å². The normalized spacial score (nSPS) is 15.6. The summed E-state index contributed by atoms with van der Waals surface area (Å²) in [7, 11) is 0. The first-order valence-electron chi connectivity index (χ1n) is 36.9. The number of aliphatic carboxylic acids is 4. The third kappa shape index (κ3) is 40.6. The molecule has 0 bridgehead atoms. The molecule has 0 heterocycles. The van der Waals surface area contributed by atoms with E-state index >= 15 is 0 Å². The molecule has 6 atom stereocenters. The smallest absolute Gasteiger partial charge is 0.326 e. The van der Waals surface area contributed by atoms with Crippen LogP contribution in [0.1, 0.15) is 295 Å². The second kappa shape index (κ2) is 50.2. The number of hydrogen-bond donors (Lipinski definition) is 9. The second-order valence-electron chi connectivity index (χ2n) is 28.6. The zero-order valence-corrected chi connectivity index (χ0v) is 60.1.